The number of rotatable bonds is 42. The zero-order chi connectivity index (χ0) is 41.1. The summed E-state index contributed by atoms with van der Waals surface area (Å²) in [6.45, 7) is 24.1. The molecule has 10 unspecified atom stereocenters. The highest BCUT2D eigenvalue weighted by Crippen LogP contribution is 2.28. The van der Waals surface area contributed by atoms with Gasteiger partial charge in [-0.15, -0.1) is 0 Å². The van der Waals surface area contributed by atoms with Crippen LogP contribution < -0.4 is 0 Å². The molecule has 5 heteroatoms. The Hall–Kier alpha value is -0.200. The first-order chi connectivity index (χ1) is 26.4. The summed E-state index contributed by atoms with van der Waals surface area (Å²) < 4.78 is 19.9. The van der Waals surface area contributed by atoms with Gasteiger partial charge in [-0.2, -0.15) is 0 Å². The Kier molecular flexibility index (Phi) is 37.9. The van der Waals surface area contributed by atoms with Gasteiger partial charge in [0.2, 0.25) is 0 Å². The van der Waals surface area contributed by atoms with Gasteiger partial charge in [0.1, 0.15) is 0 Å². The van der Waals surface area contributed by atoms with Crippen LogP contribution >= 0.6 is 0 Å². The molecule has 5 nitrogen and oxygen atoms in total. The lowest BCUT2D eigenvalue weighted by Gasteiger charge is -2.27. The van der Waals surface area contributed by atoms with E-state index in [0.717, 1.165) is 64.6 Å². The molecule has 0 aromatic carbocycles. The summed E-state index contributed by atoms with van der Waals surface area (Å²) in [5.74, 6) is 3.86. The van der Waals surface area contributed by atoms with Crippen LogP contribution in [0.4, 0.5) is 0 Å². The molecular formula is C50H102O5. The Balaban J connectivity index is 5.27. The van der Waals surface area contributed by atoms with E-state index in [4.69, 9.17) is 14.2 Å². The van der Waals surface area contributed by atoms with Gasteiger partial charge in [0.25, 0.3) is 0 Å². The summed E-state index contributed by atoms with van der Waals surface area (Å²) in [5.41, 5.74) is 0. The molecule has 0 bridgehead atoms. The first-order valence-corrected chi connectivity index (χ1v) is 24.6. The Morgan fingerprint density at radius 1 is 0.327 bits per heavy atom. The van der Waals surface area contributed by atoms with Gasteiger partial charge in [-0.05, 0) is 126 Å². The third kappa shape index (κ3) is 37.8. The van der Waals surface area contributed by atoms with E-state index < -0.39 is 0 Å². The average Bonchev–Trinajstić information content (AvgIpc) is 3.08. The molecule has 0 spiro atoms. The number of hydrogen-bond donors (Lipinski definition) is 2. The zero-order valence-corrected chi connectivity index (χ0v) is 39.1. The monoisotopic (exact) mass is 783 g/mol. The average molecular weight is 783 g/mol. The summed E-state index contributed by atoms with van der Waals surface area (Å²) in [6.07, 6.45) is 33.3. The molecule has 0 radical (unpaired) electrons. The lowest BCUT2D eigenvalue weighted by Crippen LogP contribution is -2.28. The number of ether oxygens (including phenoxy) is 3. The van der Waals surface area contributed by atoms with E-state index >= 15 is 0 Å². The van der Waals surface area contributed by atoms with Crippen molar-refractivity contribution in [2.75, 3.05) is 13.2 Å². The summed E-state index contributed by atoms with van der Waals surface area (Å²) in [5, 5.41) is 19.6. The second kappa shape index (κ2) is 38.0. The molecule has 0 amide bonds. The van der Waals surface area contributed by atoms with E-state index in [0.29, 0.717) is 35.5 Å². The van der Waals surface area contributed by atoms with Crippen LogP contribution in [0.3, 0.4) is 0 Å². The van der Waals surface area contributed by atoms with Crippen molar-refractivity contribution in [1.29, 1.82) is 0 Å². The van der Waals surface area contributed by atoms with Crippen molar-refractivity contribution in [2.24, 2.45) is 35.5 Å². The molecule has 0 fully saturated rings. The molecule has 0 rings (SSSR count). The second-order valence-corrected chi connectivity index (χ2v) is 19.3. The van der Waals surface area contributed by atoms with Crippen molar-refractivity contribution >= 4 is 0 Å². The van der Waals surface area contributed by atoms with Crippen molar-refractivity contribution in [3.63, 3.8) is 0 Å². The molecule has 55 heavy (non-hydrogen) atoms. The van der Waals surface area contributed by atoms with Crippen molar-refractivity contribution < 1.29 is 24.4 Å². The lowest BCUT2D eigenvalue weighted by molar-refractivity contribution is -0.250. The first kappa shape index (κ1) is 54.8. The highest BCUT2D eigenvalue weighted by molar-refractivity contribution is 4.68. The second-order valence-electron chi connectivity index (χ2n) is 19.3. The van der Waals surface area contributed by atoms with Crippen molar-refractivity contribution in [1.82, 2.24) is 0 Å². The largest absolute Gasteiger partial charge is 0.393 e. The fourth-order valence-corrected chi connectivity index (χ4v) is 9.25. The summed E-state index contributed by atoms with van der Waals surface area (Å²) >= 11 is 0. The summed E-state index contributed by atoms with van der Waals surface area (Å²) in [6, 6.07) is 0. The maximum Gasteiger partial charge on any atom is 0.160 e. The molecule has 0 aromatic rings. The van der Waals surface area contributed by atoms with Gasteiger partial charge in [-0.1, -0.05) is 158 Å². The Morgan fingerprint density at radius 3 is 0.945 bits per heavy atom. The minimum atomic E-state index is -0.205. The minimum absolute atomic E-state index is 0.198. The molecule has 0 aliphatic rings. The van der Waals surface area contributed by atoms with Crippen molar-refractivity contribution in [3.05, 3.63) is 0 Å². The van der Waals surface area contributed by atoms with E-state index in [1.807, 2.05) is 13.8 Å². The highest BCUT2D eigenvalue weighted by Gasteiger charge is 2.21. The van der Waals surface area contributed by atoms with Crippen molar-refractivity contribution in [2.45, 2.75) is 274 Å². The smallest absolute Gasteiger partial charge is 0.160 e. The van der Waals surface area contributed by atoms with Crippen LogP contribution in [0, 0.1) is 35.5 Å². The fourth-order valence-electron chi connectivity index (χ4n) is 9.25. The van der Waals surface area contributed by atoms with Gasteiger partial charge in [0.15, 0.2) is 12.6 Å². The van der Waals surface area contributed by atoms with E-state index in [-0.39, 0.29) is 24.8 Å². The Labute approximate surface area is 346 Å². The summed E-state index contributed by atoms with van der Waals surface area (Å²) in [7, 11) is 0. The maximum absolute atomic E-state index is 9.82. The van der Waals surface area contributed by atoms with Gasteiger partial charge in [0, 0.05) is 13.2 Å². The topological polar surface area (TPSA) is 68.2 Å². The summed E-state index contributed by atoms with van der Waals surface area (Å²) in [4.78, 5) is 0. The quantitative estimate of drug-likeness (QED) is 0.0477. The molecule has 10 atom stereocenters. The number of aliphatic hydroxyl groups is 2. The maximum atomic E-state index is 9.82. The van der Waals surface area contributed by atoms with E-state index in [1.165, 1.54) is 128 Å². The molecule has 0 aromatic heterocycles. The molecule has 0 saturated heterocycles. The standard InChI is InChI=1S/C50H102O5/c1-11-13-15-17-19-21-23-25-33-53-49(31-27-29-41(3)35-43(5)37-45(7)39-47(9)51)55-50(54-34-26-24-22-20-18-16-14-12-2)32-28-30-42(4)36-44(6)38-46(8)40-48(10)52/h41-52H,11-40H2,1-10H3. The fraction of sp³-hybridized carbons (Fsp3) is 1.00. The van der Waals surface area contributed by atoms with E-state index in [2.05, 4.69) is 55.4 Å². The predicted molar refractivity (Wildman–Crippen MR) is 240 cm³/mol. The first-order valence-electron chi connectivity index (χ1n) is 24.6. The molecule has 0 aliphatic heterocycles. The number of aliphatic hydroxyl groups excluding tert-OH is 2. The molecule has 0 saturated carbocycles. The third-order valence-electron chi connectivity index (χ3n) is 11.9. The van der Waals surface area contributed by atoms with Crippen LogP contribution in [0.15, 0.2) is 0 Å². The number of unbranched alkanes of at least 4 members (excludes halogenated alkanes) is 14. The van der Waals surface area contributed by atoms with Gasteiger partial charge < -0.3 is 24.4 Å². The van der Waals surface area contributed by atoms with Crippen LogP contribution in [-0.2, 0) is 14.2 Å². The molecule has 0 aliphatic carbocycles. The minimum Gasteiger partial charge on any atom is -0.393 e. The predicted octanol–water partition coefficient (Wildman–Crippen LogP) is 15.2. The van der Waals surface area contributed by atoms with Gasteiger partial charge in [-0.25, -0.2) is 0 Å². The van der Waals surface area contributed by atoms with Crippen LogP contribution in [0.5, 0.6) is 0 Å². The highest BCUT2D eigenvalue weighted by atomic mass is 16.8. The van der Waals surface area contributed by atoms with Gasteiger partial charge >= 0.3 is 0 Å². The molecule has 0 heterocycles. The molecular weight excluding hydrogens is 681 g/mol. The SMILES string of the molecule is CCCCCCCCCCOC(CCCC(C)CC(C)CC(C)CC(C)O)OC(CCCC(C)CC(C)CC(C)CC(C)O)OCCCCCCCCCC. The van der Waals surface area contributed by atoms with E-state index in [1.54, 1.807) is 0 Å². The number of hydrogen-bond acceptors (Lipinski definition) is 5. The van der Waals surface area contributed by atoms with Crippen LogP contribution in [0.25, 0.3) is 0 Å². The van der Waals surface area contributed by atoms with Crippen molar-refractivity contribution in [3.8, 4) is 0 Å². The van der Waals surface area contributed by atoms with Gasteiger partial charge in [-0.3, -0.25) is 0 Å². The van der Waals surface area contributed by atoms with Gasteiger partial charge in [0.05, 0.1) is 12.2 Å². The van der Waals surface area contributed by atoms with Crippen LogP contribution in [0.1, 0.15) is 249 Å². The molecule has 2 N–H and O–H groups in total. The van der Waals surface area contributed by atoms with Crippen LogP contribution in [0.2, 0.25) is 0 Å². The molecule has 332 valence electrons. The normalized spacial score (nSPS) is 17.7. The zero-order valence-electron chi connectivity index (χ0n) is 39.1. The lowest BCUT2D eigenvalue weighted by atomic mass is 9.86. The van der Waals surface area contributed by atoms with E-state index in [9.17, 15) is 10.2 Å². The third-order valence-corrected chi connectivity index (χ3v) is 11.9. The Bertz CT molecular complexity index is 711. The Morgan fingerprint density at radius 2 is 0.618 bits per heavy atom. The van der Waals surface area contributed by atoms with Crippen LogP contribution in [-0.4, -0.2) is 48.2 Å².